The van der Waals surface area contributed by atoms with Crippen molar-refractivity contribution in [2.75, 3.05) is 0 Å². The van der Waals surface area contributed by atoms with E-state index in [9.17, 15) is 0 Å². The van der Waals surface area contributed by atoms with Crippen LogP contribution in [0.2, 0.25) is 0 Å². The van der Waals surface area contributed by atoms with Crippen LogP contribution in [0.1, 0.15) is 0 Å². The third-order valence-corrected chi connectivity index (χ3v) is 5.68. The van der Waals surface area contributed by atoms with Gasteiger partial charge in [-0.3, -0.25) is 4.98 Å². The molecule has 6 rings (SSSR count). The Balaban J connectivity index is 1.69. The van der Waals surface area contributed by atoms with Gasteiger partial charge in [0, 0.05) is 34.3 Å². The van der Waals surface area contributed by atoms with Gasteiger partial charge in [0.2, 0.25) is 0 Å². The van der Waals surface area contributed by atoms with Crippen LogP contribution < -0.4 is 0 Å². The molecule has 3 aromatic carbocycles. The Bertz CT molecular complexity index is 1410. The number of para-hydroxylation sites is 2. The number of hydrogen-bond donors (Lipinski definition) is 0. The first-order chi connectivity index (χ1) is 15.4. The molecule has 0 N–H and O–H groups in total. The first kappa shape index (κ1) is 17.6. The summed E-state index contributed by atoms with van der Waals surface area (Å²) in [6.07, 6.45) is 3.66. The average molecular weight is 397 g/mol. The zero-order valence-electron chi connectivity index (χ0n) is 16.8. The van der Waals surface area contributed by atoms with Crippen LogP contribution >= 0.6 is 0 Å². The third kappa shape index (κ3) is 2.99. The SMILES string of the molecule is c1ccc(-c2cc(-n3c4ccccc4c4ccccc43)cc(-c3cccnc3)n2)cc1. The van der Waals surface area contributed by atoms with E-state index in [1.165, 1.54) is 21.8 Å². The number of pyridine rings is 2. The van der Waals surface area contributed by atoms with Gasteiger partial charge in [0.1, 0.15) is 0 Å². The topological polar surface area (TPSA) is 30.7 Å². The van der Waals surface area contributed by atoms with Crippen LogP contribution in [0.3, 0.4) is 0 Å². The first-order valence-corrected chi connectivity index (χ1v) is 10.3. The minimum atomic E-state index is 0.909. The van der Waals surface area contributed by atoms with Crippen LogP contribution in [0.4, 0.5) is 0 Å². The summed E-state index contributed by atoms with van der Waals surface area (Å²) in [6.45, 7) is 0. The summed E-state index contributed by atoms with van der Waals surface area (Å²) >= 11 is 0. The molecule has 3 heteroatoms. The highest BCUT2D eigenvalue weighted by Gasteiger charge is 2.14. The van der Waals surface area contributed by atoms with Gasteiger partial charge in [0.25, 0.3) is 0 Å². The lowest BCUT2D eigenvalue weighted by Crippen LogP contribution is -1.98. The second-order valence-corrected chi connectivity index (χ2v) is 7.57. The first-order valence-electron chi connectivity index (χ1n) is 10.3. The van der Waals surface area contributed by atoms with E-state index in [0.29, 0.717) is 0 Å². The van der Waals surface area contributed by atoms with Crippen LogP contribution in [-0.4, -0.2) is 14.5 Å². The van der Waals surface area contributed by atoms with Gasteiger partial charge in [0.05, 0.1) is 28.1 Å². The Labute approximate surface area is 180 Å². The molecule has 0 aliphatic carbocycles. The molecule has 0 saturated carbocycles. The maximum atomic E-state index is 4.99. The van der Waals surface area contributed by atoms with Crippen molar-refractivity contribution >= 4 is 21.8 Å². The van der Waals surface area contributed by atoms with E-state index in [-0.39, 0.29) is 0 Å². The maximum Gasteiger partial charge on any atom is 0.0745 e. The van der Waals surface area contributed by atoms with Gasteiger partial charge in [-0.25, -0.2) is 4.98 Å². The van der Waals surface area contributed by atoms with Gasteiger partial charge in [-0.05, 0) is 36.4 Å². The molecule has 0 aliphatic heterocycles. The molecule has 0 unspecified atom stereocenters. The Kier molecular flexibility index (Phi) is 4.10. The fourth-order valence-electron chi connectivity index (χ4n) is 4.26. The molecule has 0 amide bonds. The summed E-state index contributed by atoms with van der Waals surface area (Å²) in [4.78, 5) is 9.30. The predicted octanol–water partition coefficient (Wildman–Crippen LogP) is 6.91. The molecule has 3 heterocycles. The molecular weight excluding hydrogens is 378 g/mol. The predicted molar refractivity (Wildman–Crippen MR) is 127 cm³/mol. The van der Waals surface area contributed by atoms with E-state index >= 15 is 0 Å². The summed E-state index contributed by atoms with van der Waals surface area (Å²) in [5.74, 6) is 0. The van der Waals surface area contributed by atoms with Crippen LogP contribution in [0, 0.1) is 0 Å². The summed E-state index contributed by atoms with van der Waals surface area (Å²) in [5, 5.41) is 2.50. The summed E-state index contributed by atoms with van der Waals surface area (Å²) in [6, 6.07) is 35.8. The van der Waals surface area contributed by atoms with Crippen molar-refractivity contribution in [1.29, 1.82) is 0 Å². The Morgan fingerprint density at radius 2 is 1.13 bits per heavy atom. The monoisotopic (exact) mass is 397 g/mol. The van der Waals surface area contributed by atoms with Gasteiger partial charge in [-0.1, -0.05) is 66.7 Å². The van der Waals surface area contributed by atoms with Crippen molar-refractivity contribution < 1.29 is 0 Å². The van der Waals surface area contributed by atoms with Crippen molar-refractivity contribution in [1.82, 2.24) is 14.5 Å². The fourth-order valence-corrected chi connectivity index (χ4v) is 4.26. The highest BCUT2D eigenvalue weighted by molar-refractivity contribution is 6.09. The molecular formula is C28H19N3. The molecule has 0 atom stereocenters. The zero-order chi connectivity index (χ0) is 20.6. The van der Waals surface area contributed by atoms with Crippen LogP contribution in [0.15, 0.2) is 116 Å². The summed E-state index contributed by atoms with van der Waals surface area (Å²) < 4.78 is 2.33. The van der Waals surface area contributed by atoms with E-state index in [2.05, 4.69) is 88.4 Å². The molecule has 6 aromatic rings. The van der Waals surface area contributed by atoms with Gasteiger partial charge < -0.3 is 4.57 Å². The second kappa shape index (κ2) is 7.22. The van der Waals surface area contributed by atoms with Crippen LogP contribution in [0.5, 0.6) is 0 Å². The number of aromatic nitrogens is 3. The third-order valence-electron chi connectivity index (χ3n) is 5.68. The second-order valence-electron chi connectivity index (χ2n) is 7.57. The molecule has 3 aromatic heterocycles. The minimum Gasteiger partial charge on any atom is -0.309 e. The molecule has 0 fully saturated rings. The van der Waals surface area contributed by atoms with E-state index in [4.69, 9.17) is 4.98 Å². The van der Waals surface area contributed by atoms with Crippen molar-refractivity contribution in [2.45, 2.75) is 0 Å². The summed E-state index contributed by atoms with van der Waals surface area (Å²) in [5.41, 5.74) is 7.41. The number of hydrogen-bond acceptors (Lipinski definition) is 2. The number of rotatable bonds is 3. The number of nitrogens with zero attached hydrogens (tertiary/aromatic N) is 3. The normalized spacial score (nSPS) is 11.2. The molecule has 0 spiro atoms. The number of fused-ring (bicyclic) bond motifs is 3. The summed E-state index contributed by atoms with van der Waals surface area (Å²) in [7, 11) is 0. The van der Waals surface area contributed by atoms with E-state index < -0.39 is 0 Å². The zero-order valence-corrected chi connectivity index (χ0v) is 16.8. The van der Waals surface area contributed by atoms with Gasteiger partial charge >= 0.3 is 0 Å². The smallest absolute Gasteiger partial charge is 0.0745 e. The highest BCUT2D eigenvalue weighted by atomic mass is 15.0. The minimum absolute atomic E-state index is 0.909. The Morgan fingerprint density at radius 1 is 0.548 bits per heavy atom. The van der Waals surface area contributed by atoms with Gasteiger partial charge in [0.15, 0.2) is 0 Å². The molecule has 0 saturated heterocycles. The van der Waals surface area contributed by atoms with Crippen molar-refractivity contribution in [3.8, 4) is 28.2 Å². The van der Waals surface area contributed by atoms with Crippen molar-refractivity contribution in [3.63, 3.8) is 0 Å². The average Bonchev–Trinajstić information content (AvgIpc) is 3.19. The van der Waals surface area contributed by atoms with E-state index in [1.807, 2.05) is 30.5 Å². The quantitative estimate of drug-likeness (QED) is 0.325. The van der Waals surface area contributed by atoms with Gasteiger partial charge in [-0.2, -0.15) is 0 Å². The van der Waals surface area contributed by atoms with Crippen LogP contribution in [0.25, 0.3) is 50.0 Å². The van der Waals surface area contributed by atoms with E-state index in [1.54, 1.807) is 6.20 Å². The molecule has 146 valence electrons. The van der Waals surface area contributed by atoms with E-state index in [0.717, 1.165) is 28.2 Å². The molecule has 0 radical (unpaired) electrons. The largest absolute Gasteiger partial charge is 0.309 e. The number of benzene rings is 3. The molecule has 3 nitrogen and oxygen atoms in total. The highest BCUT2D eigenvalue weighted by Crippen LogP contribution is 2.34. The van der Waals surface area contributed by atoms with Gasteiger partial charge in [-0.15, -0.1) is 0 Å². The Hall–Kier alpha value is -4.24. The molecule has 0 aliphatic rings. The Morgan fingerprint density at radius 3 is 1.77 bits per heavy atom. The van der Waals surface area contributed by atoms with Crippen molar-refractivity contribution in [2.24, 2.45) is 0 Å². The molecule has 31 heavy (non-hydrogen) atoms. The van der Waals surface area contributed by atoms with Crippen LogP contribution in [-0.2, 0) is 0 Å². The lowest BCUT2D eigenvalue weighted by atomic mass is 10.1. The maximum absolute atomic E-state index is 4.99. The fraction of sp³-hybridized carbons (Fsp3) is 0. The van der Waals surface area contributed by atoms with Crippen molar-refractivity contribution in [3.05, 3.63) is 116 Å². The standard InChI is InChI=1S/C28H19N3/c1-2-9-20(10-3-1)25-17-22(18-26(30-25)21-11-8-16-29-19-21)31-27-14-6-4-12-23(27)24-13-5-7-15-28(24)31/h1-19H. The lowest BCUT2D eigenvalue weighted by molar-refractivity contribution is 1.16. The lowest BCUT2D eigenvalue weighted by Gasteiger charge is -2.13. The molecule has 0 bridgehead atoms.